The molecular formula is C32H41N3O5S. The van der Waals surface area contributed by atoms with Gasteiger partial charge in [0.2, 0.25) is 11.8 Å². The van der Waals surface area contributed by atoms with Crippen molar-refractivity contribution in [3.63, 3.8) is 0 Å². The molecule has 0 bridgehead atoms. The van der Waals surface area contributed by atoms with Crippen LogP contribution in [0, 0.1) is 19.8 Å². The molecule has 0 saturated carbocycles. The Kier molecular flexibility index (Phi) is 10.9. The van der Waals surface area contributed by atoms with Crippen LogP contribution in [0.15, 0.2) is 77.7 Å². The summed E-state index contributed by atoms with van der Waals surface area (Å²) in [7, 11) is -2.72. The van der Waals surface area contributed by atoms with Crippen LogP contribution in [0.2, 0.25) is 0 Å². The number of sulfonamides is 1. The van der Waals surface area contributed by atoms with E-state index in [0.717, 1.165) is 21.0 Å². The van der Waals surface area contributed by atoms with E-state index in [9.17, 15) is 18.0 Å². The number of methoxy groups -OCH3 is 1. The Morgan fingerprint density at radius 2 is 1.56 bits per heavy atom. The maximum Gasteiger partial charge on any atom is 0.264 e. The second-order valence-electron chi connectivity index (χ2n) is 10.6. The first-order chi connectivity index (χ1) is 19.5. The summed E-state index contributed by atoms with van der Waals surface area (Å²) in [6.45, 7) is 9.76. The third-order valence-corrected chi connectivity index (χ3v) is 8.53. The van der Waals surface area contributed by atoms with E-state index in [1.807, 2.05) is 65.0 Å². The van der Waals surface area contributed by atoms with Crippen LogP contribution in [0.25, 0.3) is 0 Å². The summed E-state index contributed by atoms with van der Waals surface area (Å²) < 4.78 is 34.7. The molecule has 0 radical (unpaired) electrons. The lowest BCUT2D eigenvalue weighted by Crippen LogP contribution is -2.52. The van der Waals surface area contributed by atoms with E-state index in [1.54, 1.807) is 30.3 Å². The molecule has 3 aromatic carbocycles. The van der Waals surface area contributed by atoms with Gasteiger partial charge in [0.25, 0.3) is 10.0 Å². The van der Waals surface area contributed by atoms with Gasteiger partial charge in [0, 0.05) is 13.1 Å². The highest BCUT2D eigenvalue weighted by Gasteiger charge is 2.34. The Labute approximate surface area is 244 Å². The maximum atomic E-state index is 14.2. The van der Waals surface area contributed by atoms with Crippen LogP contribution in [0.1, 0.15) is 43.9 Å². The van der Waals surface area contributed by atoms with Crippen LogP contribution in [-0.4, -0.2) is 51.4 Å². The van der Waals surface area contributed by atoms with Crippen LogP contribution in [-0.2, 0) is 26.2 Å². The molecule has 8 nitrogen and oxygen atoms in total. The molecule has 0 aromatic heterocycles. The number of nitrogens with one attached hydrogen (secondary N) is 1. The van der Waals surface area contributed by atoms with Crippen molar-refractivity contribution >= 4 is 27.5 Å². The van der Waals surface area contributed by atoms with Crippen LogP contribution in [0.4, 0.5) is 5.69 Å². The van der Waals surface area contributed by atoms with Gasteiger partial charge in [0.1, 0.15) is 18.3 Å². The maximum absolute atomic E-state index is 14.2. The lowest BCUT2D eigenvalue weighted by molar-refractivity contribution is -0.140. The molecule has 1 N–H and O–H groups in total. The van der Waals surface area contributed by atoms with Gasteiger partial charge >= 0.3 is 0 Å². The monoisotopic (exact) mass is 579 g/mol. The number of hydrogen-bond donors (Lipinski definition) is 1. The summed E-state index contributed by atoms with van der Waals surface area (Å²) in [5.74, 6) is -0.222. The van der Waals surface area contributed by atoms with E-state index < -0.39 is 28.5 Å². The molecule has 0 aliphatic rings. The molecule has 1 atom stereocenters. The van der Waals surface area contributed by atoms with Crippen LogP contribution < -0.4 is 14.4 Å². The van der Waals surface area contributed by atoms with E-state index in [4.69, 9.17) is 4.74 Å². The van der Waals surface area contributed by atoms with Crippen LogP contribution >= 0.6 is 0 Å². The van der Waals surface area contributed by atoms with Crippen LogP contribution in [0.5, 0.6) is 5.75 Å². The summed E-state index contributed by atoms with van der Waals surface area (Å²) >= 11 is 0. The van der Waals surface area contributed by atoms with Gasteiger partial charge in [-0.15, -0.1) is 0 Å². The van der Waals surface area contributed by atoms with E-state index in [-0.39, 0.29) is 29.0 Å². The minimum absolute atomic E-state index is 0.0446. The average molecular weight is 580 g/mol. The van der Waals surface area contributed by atoms with Gasteiger partial charge in [-0.2, -0.15) is 0 Å². The number of carbonyl (C=O) groups excluding carboxylic acids is 2. The molecule has 0 aliphatic carbocycles. The molecule has 0 spiro atoms. The molecule has 9 heteroatoms. The van der Waals surface area contributed by atoms with Gasteiger partial charge in [-0.1, -0.05) is 74.9 Å². The second kappa shape index (κ2) is 14.2. The lowest BCUT2D eigenvalue weighted by atomic mass is 10.1. The number of amides is 2. The number of anilines is 1. The average Bonchev–Trinajstić information content (AvgIpc) is 2.95. The first kappa shape index (κ1) is 31.7. The van der Waals surface area contributed by atoms with Crippen molar-refractivity contribution < 1.29 is 22.7 Å². The Morgan fingerprint density at radius 3 is 2.15 bits per heavy atom. The number of rotatable bonds is 13. The number of ether oxygens (including phenoxy) is 1. The molecule has 1 unspecified atom stereocenters. The van der Waals surface area contributed by atoms with Gasteiger partial charge in [-0.25, -0.2) is 8.42 Å². The number of carbonyl (C=O) groups is 2. The largest absolute Gasteiger partial charge is 0.495 e. The van der Waals surface area contributed by atoms with Crippen molar-refractivity contribution in [3.05, 3.63) is 89.5 Å². The van der Waals surface area contributed by atoms with Crippen molar-refractivity contribution in [2.75, 3.05) is 24.5 Å². The number of nitrogens with zero attached hydrogens (tertiary/aromatic N) is 2. The van der Waals surface area contributed by atoms with Crippen molar-refractivity contribution in [1.29, 1.82) is 0 Å². The Balaban J connectivity index is 2.10. The fourth-order valence-corrected chi connectivity index (χ4v) is 5.90. The molecular weight excluding hydrogens is 538 g/mol. The molecule has 3 aromatic rings. The van der Waals surface area contributed by atoms with Gasteiger partial charge in [0.05, 0.1) is 17.7 Å². The van der Waals surface area contributed by atoms with E-state index in [2.05, 4.69) is 5.32 Å². The molecule has 3 rings (SSSR count). The zero-order valence-electron chi connectivity index (χ0n) is 24.8. The van der Waals surface area contributed by atoms with Crippen molar-refractivity contribution in [2.24, 2.45) is 5.92 Å². The second-order valence-corrected chi connectivity index (χ2v) is 12.4. The minimum atomic E-state index is -4.18. The predicted octanol–water partition coefficient (Wildman–Crippen LogP) is 5.09. The normalized spacial score (nSPS) is 12.1. The molecule has 0 fully saturated rings. The van der Waals surface area contributed by atoms with Crippen LogP contribution in [0.3, 0.4) is 0 Å². The number of aryl methyl sites for hydroxylation is 2. The first-order valence-corrected chi connectivity index (χ1v) is 15.3. The van der Waals surface area contributed by atoms with E-state index in [0.29, 0.717) is 18.7 Å². The standard InChI is InChI=1S/C32H41N3O5S/c1-7-28(32(37)33-20-23(2)3)34(21-26-16-13-24(4)14-17-26)31(36)22-35(29-19-25(5)15-18-30(29)40-6)41(38,39)27-11-9-8-10-12-27/h8-19,23,28H,7,20-22H2,1-6H3,(H,33,37). The highest BCUT2D eigenvalue weighted by atomic mass is 32.2. The molecule has 0 heterocycles. The summed E-state index contributed by atoms with van der Waals surface area (Å²) in [5.41, 5.74) is 2.96. The van der Waals surface area contributed by atoms with Gasteiger partial charge < -0.3 is 15.0 Å². The SMILES string of the molecule is CCC(C(=O)NCC(C)C)N(Cc1ccc(C)cc1)C(=O)CN(c1cc(C)ccc1OC)S(=O)(=O)c1ccccc1. The van der Waals surface area contributed by atoms with Gasteiger partial charge in [-0.05, 0) is 61.6 Å². The first-order valence-electron chi connectivity index (χ1n) is 13.8. The van der Waals surface area contributed by atoms with E-state index >= 15 is 0 Å². The fraction of sp³-hybridized carbons (Fsp3) is 0.375. The molecule has 0 saturated heterocycles. The van der Waals surface area contributed by atoms with Crippen molar-refractivity contribution in [1.82, 2.24) is 10.2 Å². The Bertz CT molecular complexity index is 1420. The molecule has 2 amide bonds. The zero-order valence-corrected chi connectivity index (χ0v) is 25.6. The third-order valence-electron chi connectivity index (χ3n) is 6.76. The minimum Gasteiger partial charge on any atom is -0.495 e. The quantitative estimate of drug-likeness (QED) is 0.305. The summed E-state index contributed by atoms with van der Waals surface area (Å²) in [4.78, 5) is 29.1. The summed E-state index contributed by atoms with van der Waals surface area (Å²) in [6.07, 6.45) is 0.362. The fourth-order valence-electron chi connectivity index (χ4n) is 4.46. The Hall–Kier alpha value is -3.85. The topological polar surface area (TPSA) is 96.0 Å². The highest BCUT2D eigenvalue weighted by Crippen LogP contribution is 2.33. The predicted molar refractivity (Wildman–Crippen MR) is 162 cm³/mol. The Morgan fingerprint density at radius 1 is 0.927 bits per heavy atom. The van der Waals surface area contributed by atoms with Crippen molar-refractivity contribution in [2.45, 2.75) is 58.5 Å². The lowest BCUT2D eigenvalue weighted by Gasteiger charge is -2.33. The highest BCUT2D eigenvalue weighted by molar-refractivity contribution is 7.92. The van der Waals surface area contributed by atoms with Gasteiger partial charge in [-0.3, -0.25) is 13.9 Å². The van der Waals surface area contributed by atoms with Crippen molar-refractivity contribution in [3.8, 4) is 5.75 Å². The smallest absolute Gasteiger partial charge is 0.264 e. The molecule has 41 heavy (non-hydrogen) atoms. The zero-order chi connectivity index (χ0) is 30.2. The van der Waals surface area contributed by atoms with E-state index in [1.165, 1.54) is 24.1 Å². The molecule has 220 valence electrons. The third kappa shape index (κ3) is 8.10. The molecule has 0 aliphatic heterocycles. The summed E-state index contributed by atoms with van der Waals surface area (Å²) in [5, 5.41) is 2.95. The number of benzene rings is 3. The summed E-state index contributed by atoms with van der Waals surface area (Å²) in [6, 6.07) is 20.1. The van der Waals surface area contributed by atoms with Gasteiger partial charge in [0.15, 0.2) is 0 Å². The number of hydrogen-bond acceptors (Lipinski definition) is 5.